The van der Waals surface area contributed by atoms with Crippen molar-refractivity contribution in [3.05, 3.63) is 59.1 Å². The molecule has 1 heterocycles. The summed E-state index contributed by atoms with van der Waals surface area (Å²) in [5, 5.41) is 3.08. The Morgan fingerprint density at radius 2 is 1.63 bits per heavy atom. The van der Waals surface area contributed by atoms with Gasteiger partial charge in [-0.15, -0.1) is 11.3 Å². The molecule has 27 heavy (non-hydrogen) atoms. The van der Waals surface area contributed by atoms with Gasteiger partial charge in [-0.25, -0.2) is 4.98 Å². The van der Waals surface area contributed by atoms with Gasteiger partial charge in [-0.3, -0.25) is 4.90 Å². The highest BCUT2D eigenvalue weighted by Crippen LogP contribution is 2.33. The zero-order chi connectivity index (χ0) is 19.2. The number of methoxy groups -OCH3 is 3. The molecule has 3 aromatic rings. The Morgan fingerprint density at radius 1 is 0.889 bits per heavy atom. The third-order valence-corrected chi connectivity index (χ3v) is 5.17. The number of hydrogen-bond donors (Lipinski definition) is 0. The molecule has 0 spiro atoms. The number of thiazole rings is 1. The van der Waals surface area contributed by atoms with E-state index in [2.05, 4.69) is 29.5 Å². The summed E-state index contributed by atoms with van der Waals surface area (Å²) < 4.78 is 15.9. The van der Waals surface area contributed by atoms with Crippen molar-refractivity contribution in [1.29, 1.82) is 0 Å². The number of hydrogen-bond acceptors (Lipinski definition) is 6. The van der Waals surface area contributed by atoms with Crippen LogP contribution in [0.2, 0.25) is 0 Å². The molecule has 0 aliphatic rings. The smallest absolute Gasteiger partial charge is 0.161 e. The third-order valence-electron chi connectivity index (χ3n) is 4.23. The van der Waals surface area contributed by atoms with Crippen molar-refractivity contribution >= 4 is 11.3 Å². The fourth-order valence-corrected chi connectivity index (χ4v) is 3.66. The summed E-state index contributed by atoms with van der Waals surface area (Å²) in [6.45, 7) is 1.64. The molecule has 6 heteroatoms. The predicted molar refractivity (Wildman–Crippen MR) is 109 cm³/mol. The maximum atomic E-state index is 5.39. The lowest BCUT2D eigenvalue weighted by Crippen LogP contribution is -2.17. The maximum Gasteiger partial charge on any atom is 0.161 e. The SMILES string of the molecule is COc1ccc(CN(C)Cc2csc(-c3ccc(OC)c(OC)c3)n2)cc1. The standard InChI is InChI=1S/C21H24N2O3S/c1-23(12-15-5-8-18(24-2)9-6-15)13-17-14-27-21(22-17)16-7-10-19(25-3)20(11-16)26-4/h5-11,14H,12-13H2,1-4H3. The van der Waals surface area contributed by atoms with E-state index < -0.39 is 0 Å². The van der Waals surface area contributed by atoms with E-state index in [1.807, 2.05) is 30.3 Å². The van der Waals surface area contributed by atoms with Gasteiger partial charge in [0.25, 0.3) is 0 Å². The van der Waals surface area contributed by atoms with Gasteiger partial charge < -0.3 is 14.2 Å². The molecule has 0 saturated carbocycles. The molecule has 0 bridgehead atoms. The maximum absolute atomic E-state index is 5.39. The Balaban J connectivity index is 1.66. The Kier molecular flexibility index (Phi) is 6.32. The number of aromatic nitrogens is 1. The van der Waals surface area contributed by atoms with Crippen LogP contribution in [0.5, 0.6) is 17.2 Å². The summed E-state index contributed by atoms with van der Waals surface area (Å²) in [4.78, 5) is 7.03. The fourth-order valence-electron chi connectivity index (χ4n) is 2.86. The van der Waals surface area contributed by atoms with Crippen molar-refractivity contribution < 1.29 is 14.2 Å². The number of ether oxygens (including phenoxy) is 3. The molecule has 142 valence electrons. The summed E-state index contributed by atoms with van der Waals surface area (Å²) in [5.74, 6) is 2.31. The average Bonchev–Trinajstić information content (AvgIpc) is 3.16. The van der Waals surface area contributed by atoms with Gasteiger partial charge in [-0.2, -0.15) is 0 Å². The molecule has 0 radical (unpaired) electrons. The zero-order valence-corrected chi connectivity index (χ0v) is 16.9. The highest BCUT2D eigenvalue weighted by atomic mass is 32.1. The molecule has 3 rings (SSSR count). The first-order chi connectivity index (χ1) is 13.1. The lowest BCUT2D eigenvalue weighted by atomic mass is 10.2. The van der Waals surface area contributed by atoms with Gasteiger partial charge in [0.1, 0.15) is 10.8 Å². The van der Waals surface area contributed by atoms with E-state index in [-0.39, 0.29) is 0 Å². The molecule has 0 saturated heterocycles. The van der Waals surface area contributed by atoms with Gasteiger partial charge >= 0.3 is 0 Å². The summed E-state index contributed by atoms with van der Waals surface area (Å²) in [6.07, 6.45) is 0. The molecule has 0 aliphatic carbocycles. The van der Waals surface area contributed by atoms with E-state index in [1.165, 1.54) is 5.56 Å². The molecular formula is C21H24N2O3S. The fraction of sp³-hybridized carbons (Fsp3) is 0.286. The number of nitrogens with zero attached hydrogens (tertiary/aromatic N) is 2. The highest BCUT2D eigenvalue weighted by molar-refractivity contribution is 7.13. The molecular weight excluding hydrogens is 360 g/mol. The van der Waals surface area contributed by atoms with Crippen LogP contribution in [-0.2, 0) is 13.1 Å². The Morgan fingerprint density at radius 3 is 2.30 bits per heavy atom. The predicted octanol–water partition coefficient (Wildman–Crippen LogP) is 4.47. The lowest BCUT2D eigenvalue weighted by molar-refractivity contribution is 0.315. The quantitative estimate of drug-likeness (QED) is 0.573. The van der Waals surface area contributed by atoms with E-state index in [1.54, 1.807) is 32.7 Å². The number of rotatable bonds is 8. The Hall–Kier alpha value is -2.57. The van der Waals surface area contributed by atoms with Crippen LogP contribution in [0, 0.1) is 0 Å². The van der Waals surface area contributed by atoms with E-state index in [0.717, 1.165) is 40.9 Å². The molecule has 1 aromatic heterocycles. The summed E-state index contributed by atoms with van der Waals surface area (Å²) in [5.41, 5.74) is 3.33. The van der Waals surface area contributed by atoms with Crippen molar-refractivity contribution in [1.82, 2.24) is 9.88 Å². The second-order valence-corrected chi connectivity index (χ2v) is 7.09. The largest absolute Gasteiger partial charge is 0.497 e. The van der Waals surface area contributed by atoms with Crippen molar-refractivity contribution in [3.8, 4) is 27.8 Å². The van der Waals surface area contributed by atoms with Crippen LogP contribution in [0.1, 0.15) is 11.3 Å². The van der Waals surface area contributed by atoms with E-state index in [0.29, 0.717) is 5.75 Å². The normalized spacial score (nSPS) is 10.9. The molecule has 0 unspecified atom stereocenters. The number of benzene rings is 2. The van der Waals surface area contributed by atoms with Crippen LogP contribution in [-0.4, -0.2) is 38.3 Å². The molecule has 5 nitrogen and oxygen atoms in total. The minimum absolute atomic E-state index is 0.711. The first kappa shape index (κ1) is 19.2. The average molecular weight is 385 g/mol. The van der Waals surface area contributed by atoms with Crippen molar-refractivity contribution in [2.75, 3.05) is 28.4 Å². The first-order valence-electron chi connectivity index (χ1n) is 8.61. The van der Waals surface area contributed by atoms with Gasteiger partial charge in [0, 0.05) is 24.0 Å². The van der Waals surface area contributed by atoms with Gasteiger partial charge in [0.2, 0.25) is 0 Å². The Bertz CT molecular complexity index is 877. The van der Waals surface area contributed by atoms with Crippen LogP contribution in [0.25, 0.3) is 10.6 Å². The molecule has 0 aliphatic heterocycles. The van der Waals surface area contributed by atoms with E-state index >= 15 is 0 Å². The Labute approximate surface area is 164 Å². The van der Waals surface area contributed by atoms with Gasteiger partial charge in [-0.05, 0) is 42.9 Å². The van der Waals surface area contributed by atoms with Crippen molar-refractivity contribution in [2.24, 2.45) is 0 Å². The molecule has 0 amide bonds. The van der Waals surface area contributed by atoms with Crippen LogP contribution in [0.15, 0.2) is 47.8 Å². The minimum Gasteiger partial charge on any atom is -0.497 e. The monoisotopic (exact) mass is 384 g/mol. The van der Waals surface area contributed by atoms with Gasteiger partial charge in [0.05, 0.1) is 27.0 Å². The first-order valence-corrected chi connectivity index (χ1v) is 9.49. The van der Waals surface area contributed by atoms with Crippen LogP contribution in [0.3, 0.4) is 0 Å². The lowest BCUT2D eigenvalue weighted by Gasteiger charge is -2.15. The summed E-state index contributed by atoms with van der Waals surface area (Å²) in [7, 11) is 7.06. The summed E-state index contributed by atoms with van der Waals surface area (Å²) >= 11 is 1.64. The van der Waals surface area contributed by atoms with Crippen LogP contribution in [0.4, 0.5) is 0 Å². The molecule has 0 N–H and O–H groups in total. The van der Waals surface area contributed by atoms with Gasteiger partial charge in [0.15, 0.2) is 11.5 Å². The van der Waals surface area contributed by atoms with E-state index in [9.17, 15) is 0 Å². The second kappa shape index (κ2) is 8.88. The molecule has 0 atom stereocenters. The zero-order valence-electron chi connectivity index (χ0n) is 16.1. The molecule has 2 aromatic carbocycles. The minimum atomic E-state index is 0.711. The van der Waals surface area contributed by atoms with Crippen molar-refractivity contribution in [3.63, 3.8) is 0 Å². The molecule has 0 fully saturated rings. The third kappa shape index (κ3) is 4.78. The van der Waals surface area contributed by atoms with Crippen LogP contribution < -0.4 is 14.2 Å². The van der Waals surface area contributed by atoms with Gasteiger partial charge in [-0.1, -0.05) is 12.1 Å². The van der Waals surface area contributed by atoms with Crippen molar-refractivity contribution in [2.45, 2.75) is 13.1 Å². The topological polar surface area (TPSA) is 43.8 Å². The highest BCUT2D eigenvalue weighted by Gasteiger charge is 2.11. The van der Waals surface area contributed by atoms with Crippen LogP contribution >= 0.6 is 11.3 Å². The van der Waals surface area contributed by atoms with E-state index in [4.69, 9.17) is 19.2 Å². The summed E-state index contributed by atoms with van der Waals surface area (Å²) in [6, 6.07) is 14.0. The second-order valence-electron chi connectivity index (χ2n) is 6.23.